The lowest BCUT2D eigenvalue weighted by Gasteiger charge is -2.47. The number of hydrogen-bond acceptors (Lipinski definition) is 9. The van der Waals surface area contributed by atoms with E-state index in [1.165, 1.54) is 32.9 Å². The first-order valence-corrected chi connectivity index (χ1v) is 11.8. The topological polar surface area (TPSA) is 157 Å². The number of aliphatic hydroxyl groups excluding tert-OH is 3. The molecule has 2 aliphatic heterocycles. The molecule has 1 fully saturated rings. The van der Waals surface area contributed by atoms with Crippen LogP contribution in [0.2, 0.25) is 0 Å². The third-order valence-corrected chi connectivity index (χ3v) is 7.59. The number of carbonyl (C=O) groups is 2. The number of ether oxygens (including phenoxy) is 1. The molecule has 2 aliphatic carbocycles. The van der Waals surface area contributed by atoms with Crippen molar-refractivity contribution >= 4 is 17.3 Å². The van der Waals surface area contributed by atoms with Crippen molar-refractivity contribution in [3.05, 3.63) is 70.5 Å². The number of aliphatic imine (C=N–C) groups is 1. The van der Waals surface area contributed by atoms with Gasteiger partial charge in [0.05, 0.1) is 23.2 Å². The second kappa shape index (κ2) is 8.40. The number of rotatable bonds is 3. The van der Waals surface area contributed by atoms with E-state index < -0.39 is 63.7 Å². The standard InChI is InChI=1S/C27H31NO8/c1-6-8-9-11-15(29)17-19-20-22(32)18-16(30)12-14(10-7-2)28-23(18)26(5,34)27(20,35)36-25(19,4)24(33)13(3)21(17)31/h6-11,14,19-20,29,31-32,34-35H,12H2,1-5H3/b8-6+,10-7+,11-9+,17-15+/t14-,19+,20?,25-,26-,27+/m0/s1. The normalized spacial score (nSPS) is 40.3. The molecule has 36 heavy (non-hydrogen) atoms. The molecule has 5 N–H and O–H groups in total. The Morgan fingerprint density at radius 2 is 1.75 bits per heavy atom. The summed E-state index contributed by atoms with van der Waals surface area (Å²) < 4.78 is 5.97. The summed E-state index contributed by atoms with van der Waals surface area (Å²) in [5.74, 6) is -8.34. The quantitative estimate of drug-likeness (QED) is 0.226. The first-order chi connectivity index (χ1) is 16.8. The zero-order valence-corrected chi connectivity index (χ0v) is 20.8. The van der Waals surface area contributed by atoms with Gasteiger partial charge in [0.25, 0.3) is 0 Å². The molecule has 6 atom stereocenters. The van der Waals surface area contributed by atoms with Crippen LogP contribution in [0.5, 0.6) is 0 Å². The molecular formula is C27H31NO8. The Labute approximate surface area is 208 Å². The van der Waals surface area contributed by atoms with E-state index in [4.69, 9.17) is 4.74 Å². The fourth-order valence-electron chi connectivity index (χ4n) is 5.82. The summed E-state index contributed by atoms with van der Waals surface area (Å²) in [5, 5.41) is 56.9. The van der Waals surface area contributed by atoms with E-state index >= 15 is 0 Å². The van der Waals surface area contributed by atoms with Crippen molar-refractivity contribution < 1.29 is 39.9 Å². The predicted octanol–water partition coefficient (Wildman–Crippen LogP) is 2.99. The molecule has 9 nitrogen and oxygen atoms in total. The van der Waals surface area contributed by atoms with Crippen LogP contribution in [0.3, 0.4) is 0 Å². The second-order valence-corrected chi connectivity index (χ2v) is 9.88. The third kappa shape index (κ3) is 3.23. The smallest absolute Gasteiger partial charge is 0.212 e. The molecule has 0 radical (unpaired) electrons. The average molecular weight is 498 g/mol. The number of fused-ring (bicyclic) bond motifs is 4. The minimum atomic E-state index is -2.63. The van der Waals surface area contributed by atoms with Crippen molar-refractivity contribution in [2.24, 2.45) is 16.8 Å². The average Bonchev–Trinajstić information content (AvgIpc) is 3.06. The molecule has 4 aliphatic rings. The van der Waals surface area contributed by atoms with Gasteiger partial charge in [-0.2, -0.15) is 0 Å². The highest BCUT2D eigenvalue weighted by molar-refractivity contribution is 6.28. The van der Waals surface area contributed by atoms with Crippen molar-refractivity contribution in [3.63, 3.8) is 0 Å². The van der Waals surface area contributed by atoms with Gasteiger partial charge in [0, 0.05) is 23.5 Å². The minimum Gasteiger partial charge on any atom is -0.511 e. The first-order valence-electron chi connectivity index (χ1n) is 11.8. The zero-order valence-electron chi connectivity index (χ0n) is 20.8. The molecule has 1 unspecified atom stereocenters. The number of allylic oxidation sites excluding steroid dienone is 6. The predicted molar refractivity (Wildman–Crippen MR) is 131 cm³/mol. The van der Waals surface area contributed by atoms with Gasteiger partial charge in [-0.25, -0.2) is 0 Å². The maximum atomic E-state index is 13.4. The van der Waals surface area contributed by atoms with Gasteiger partial charge in [-0.3, -0.25) is 14.6 Å². The van der Waals surface area contributed by atoms with E-state index in [9.17, 15) is 35.1 Å². The lowest BCUT2D eigenvalue weighted by atomic mass is 9.61. The van der Waals surface area contributed by atoms with Gasteiger partial charge in [0.15, 0.2) is 17.2 Å². The Morgan fingerprint density at radius 1 is 1.08 bits per heavy atom. The number of aliphatic hydroxyl groups is 5. The third-order valence-electron chi connectivity index (χ3n) is 7.59. The van der Waals surface area contributed by atoms with Gasteiger partial charge < -0.3 is 30.3 Å². The molecule has 4 rings (SSSR count). The number of nitrogens with zero attached hydrogens (tertiary/aromatic N) is 1. The molecule has 0 bridgehead atoms. The number of carbonyl (C=O) groups excluding carboxylic acids is 2. The Hall–Kier alpha value is -3.27. The summed E-state index contributed by atoms with van der Waals surface area (Å²) in [6.07, 6.45) is 9.43. The van der Waals surface area contributed by atoms with Crippen LogP contribution in [-0.2, 0) is 14.3 Å². The molecule has 9 heteroatoms. The second-order valence-electron chi connectivity index (χ2n) is 9.88. The maximum Gasteiger partial charge on any atom is 0.212 e. The number of Topliss-reactive ketones (excluding diaryl/α,β-unsaturated/α-hetero) is 2. The van der Waals surface area contributed by atoms with Crippen LogP contribution in [-0.4, -0.2) is 65.8 Å². The van der Waals surface area contributed by atoms with Crippen LogP contribution in [0, 0.1) is 11.8 Å². The fourth-order valence-corrected chi connectivity index (χ4v) is 5.82. The molecule has 0 saturated carbocycles. The molecule has 0 aromatic carbocycles. The van der Waals surface area contributed by atoms with Crippen LogP contribution in [0.25, 0.3) is 0 Å². The summed E-state index contributed by atoms with van der Waals surface area (Å²) in [4.78, 5) is 31.0. The van der Waals surface area contributed by atoms with E-state index in [1.54, 1.807) is 38.2 Å². The summed E-state index contributed by atoms with van der Waals surface area (Å²) in [6.45, 7) is 7.44. The molecule has 0 aromatic heterocycles. The summed E-state index contributed by atoms with van der Waals surface area (Å²) in [6, 6.07) is -0.620. The molecule has 0 aromatic rings. The van der Waals surface area contributed by atoms with Crippen LogP contribution in [0.4, 0.5) is 0 Å². The molecule has 1 saturated heterocycles. The van der Waals surface area contributed by atoms with Gasteiger partial charge in [0.2, 0.25) is 5.79 Å². The largest absolute Gasteiger partial charge is 0.511 e. The molecule has 2 heterocycles. The van der Waals surface area contributed by atoms with Crippen molar-refractivity contribution in [2.75, 3.05) is 0 Å². The SMILES string of the molecule is C/C=C/C=C/C(O)=C1\C(O)=C(C)C(=O)[C@@]2(C)O[C@]3(O)C(C(O)=C4C(=O)C[C@H](/C=C/C)N=C4[C@]3(C)O)[C@@H]12. The fraction of sp³-hybridized carbons (Fsp3) is 0.444. The lowest BCUT2D eigenvalue weighted by molar-refractivity contribution is -0.290. The van der Waals surface area contributed by atoms with Gasteiger partial charge in [-0.1, -0.05) is 30.4 Å². The van der Waals surface area contributed by atoms with E-state index in [0.29, 0.717) is 0 Å². The van der Waals surface area contributed by atoms with Gasteiger partial charge in [-0.15, -0.1) is 0 Å². The van der Waals surface area contributed by atoms with Gasteiger partial charge in [-0.05, 0) is 40.7 Å². The van der Waals surface area contributed by atoms with Crippen LogP contribution >= 0.6 is 0 Å². The molecule has 0 amide bonds. The van der Waals surface area contributed by atoms with Crippen molar-refractivity contribution in [1.29, 1.82) is 0 Å². The van der Waals surface area contributed by atoms with Gasteiger partial charge in [0.1, 0.15) is 22.9 Å². The Balaban J connectivity index is 2.05. The summed E-state index contributed by atoms with van der Waals surface area (Å²) in [7, 11) is 0. The Kier molecular flexibility index (Phi) is 6.02. The van der Waals surface area contributed by atoms with Crippen LogP contribution in [0.1, 0.15) is 41.0 Å². The van der Waals surface area contributed by atoms with E-state index in [1.807, 2.05) is 0 Å². The van der Waals surface area contributed by atoms with E-state index in [0.717, 1.165) is 0 Å². The number of hydrogen-bond donors (Lipinski definition) is 5. The highest BCUT2D eigenvalue weighted by atomic mass is 16.7. The first kappa shape index (κ1) is 25.8. The van der Waals surface area contributed by atoms with Crippen molar-refractivity contribution in [1.82, 2.24) is 0 Å². The highest BCUT2D eigenvalue weighted by Crippen LogP contribution is 2.62. The van der Waals surface area contributed by atoms with E-state index in [-0.39, 0.29) is 28.9 Å². The maximum absolute atomic E-state index is 13.4. The number of ketones is 2. The summed E-state index contributed by atoms with van der Waals surface area (Å²) >= 11 is 0. The van der Waals surface area contributed by atoms with Crippen molar-refractivity contribution in [2.45, 2.75) is 64.1 Å². The monoisotopic (exact) mass is 497 g/mol. The van der Waals surface area contributed by atoms with Crippen LogP contribution in [0.15, 0.2) is 75.4 Å². The van der Waals surface area contributed by atoms with Gasteiger partial charge >= 0.3 is 0 Å². The molecular weight excluding hydrogens is 466 g/mol. The Bertz CT molecular complexity index is 1260. The van der Waals surface area contributed by atoms with E-state index in [2.05, 4.69) is 4.99 Å². The zero-order chi connectivity index (χ0) is 26.8. The Morgan fingerprint density at radius 3 is 2.36 bits per heavy atom. The molecule has 192 valence electrons. The summed E-state index contributed by atoms with van der Waals surface area (Å²) in [5.41, 5.74) is -5.03. The van der Waals surface area contributed by atoms with Crippen molar-refractivity contribution in [3.8, 4) is 0 Å². The minimum absolute atomic E-state index is 0.0690. The lowest BCUT2D eigenvalue weighted by Crippen LogP contribution is -2.66. The van der Waals surface area contributed by atoms with Crippen LogP contribution < -0.4 is 0 Å². The molecule has 0 spiro atoms. The highest BCUT2D eigenvalue weighted by Gasteiger charge is 2.76.